The van der Waals surface area contributed by atoms with E-state index >= 15 is 0 Å². The second-order valence-corrected chi connectivity index (χ2v) is 4.98. The molecule has 1 saturated carbocycles. The highest BCUT2D eigenvalue weighted by Gasteiger charge is 2.20. The highest BCUT2D eigenvalue weighted by Crippen LogP contribution is 2.19. The van der Waals surface area contributed by atoms with Crippen LogP contribution >= 0.6 is 0 Å². The minimum absolute atomic E-state index is 0.0468. The maximum absolute atomic E-state index is 11.5. The van der Waals surface area contributed by atoms with Gasteiger partial charge in [0.05, 0.1) is 12.7 Å². The lowest BCUT2D eigenvalue weighted by Crippen LogP contribution is -2.47. The average Bonchev–Trinajstić information content (AvgIpc) is 2.34. The highest BCUT2D eigenvalue weighted by atomic mass is 16.5. The third kappa shape index (κ3) is 3.85. The van der Waals surface area contributed by atoms with Gasteiger partial charge < -0.3 is 20.7 Å². The summed E-state index contributed by atoms with van der Waals surface area (Å²) in [6.07, 6.45) is 5.64. The van der Waals surface area contributed by atoms with Crippen molar-refractivity contribution in [1.82, 2.24) is 10.2 Å². The molecule has 0 radical (unpaired) electrons. The molecular formula is C12H23N3O2. The van der Waals surface area contributed by atoms with E-state index in [-0.39, 0.29) is 6.03 Å². The zero-order valence-corrected chi connectivity index (χ0v) is 10.4. The van der Waals surface area contributed by atoms with Crippen molar-refractivity contribution in [2.75, 3.05) is 26.2 Å². The van der Waals surface area contributed by atoms with Gasteiger partial charge in [-0.25, -0.2) is 4.79 Å². The van der Waals surface area contributed by atoms with Crippen LogP contribution in [-0.4, -0.2) is 49.3 Å². The number of nitrogens with one attached hydrogen (secondary N) is 1. The topological polar surface area (TPSA) is 67.6 Å². The Bertz CT molecular complexity index is 252. The van der Waals surface area contributed by atoms with Crippen LogP contribution in [0, 0.1) is 0 Å². The zero-order valence-electron chi connectivity index (χ0n) is 10.4. The van der Waals surface area contributed by atoms with Crippen LogP contribution in [0.3, 0.4) is 0 Å². The van der Waals surface area contributed by atoms with Gasteiger partial charge >= 0.3 is 6.03 Å². The second kappa shape index (κ2) is 6.21. The molecule has 1 heterocycles. The van der Waals surface area contributed by atoms with Gasteiger partial charge in [-0.15, -0.1) is 0 Å². The van der Waals surface area contributed by atoms with E-state index in [9.17, 15) is 4.79 Å². The smallest absolute Gasteiger partial charge is 0.317 e. The number of hydrogen-bond acceptors (Lipinski definition) is 3. The Labute approximate surface area is 103 Å². The molecule has 0 spiro atoms. The lowest BCUT2D eigenvalue weighted by molar-refractivity contribution is 0.0164. The number of nitrogens with zero attached hydrogens (tertiary/aromatic N) is 1. The van der Waals surface area contributed by atoms with Crippen LogP contribution in [0.5, 0.6) is 0 Å². The first-order valence-electron chi connectivity index (χ1n) is 6.65. The van der Waals surface area contributed by atoms with Crippen molar-refractivity contribution in [1.29, 1.82) is 0 Å². The van der Waals surface area contributed by atoms with Crippen molar-refractivity contribution in [3.63, 3.8) is 0 Å². The molecule has 0 unspecified atom stereocenters. The Morgan fingerprint density at radius 2 is 2.12 bits per heavy atom. The molecule has 3 N–H and O–H groups in total. The van der Waals surface area contributed by atoms with Gasteiger partial charge in [-0.1, -0.05) is 0 Å². The first-order chi connectivity index (χ1) is 8.25. The third-order valence-corrected chi connectivity index (χ3v) is 3.60. The second-order valence-electron chi connectivity index (χ2n) is 4.98. The number of ether oxygens (including phenoxy) is 1. The number of carbonyl (C=O) groups is 1. The van der Waals surface area contributed by atoms with Crippen molar-refractivity contribution in [3.8, 4) is 0 Å². The van der Waals surface area contributed by atoms with Crippen molar-refractivity contribution in [2.24, 2.45) is 5.73 Å². The van der Waals surface area contributed by atoms with Crippen LogP contribution in [0.4, 0.5) is 4.79 Å². The minimum Gasteiger partial charge on any atom is -0.376 e. The fourth-order valence-electron chi connectivity index (χ4n) is 2.48. The van der Waals surface area contributed by atoms with Crippen molar-refractivity contribution in [2.45, 2.75) is 44.2 Å². The fourth-order valence-corrected chi connectivity index (χ4v) is 2.48. The Morgan fingerprint density at radius 3 is 2.82 bits per heavy atom. The first-order valence-corrected chi connectivity index (χ1v) is 6.65. The van der Waals surface area contributed by atoms with E-state index < -0.39 is 0 Å². The summed E-state index contributed by atoms with van der Waals surface area (Å²) >= 11 is 0. The molecule has 1 aliphatic heterocycles. The molecule has 0 atom stereocenters. The summed E-state index contributed by atoms with van der Waals surface area (Å²) in [6.45, 7) is 3.00. The van der Waals surface area contributed by atoms with Gasteiger partial charge in [0.1, 0.15) is 0 Å². The van der Waals surface area contributed by atoms with E-state index in [1.165, 1.54) is 0 Å². The zero-order chi connectivity index (χ0) is 12.1. The number of amides is 2. The molecule has 5 nitrogen and oxygen atoms in total. The number of urea groups is 1. The Morgan fingerprint density at radius 1 is 1.35 bits per heavy atom. The van der Waals surface area contributed by atoms with Gasteiger partial charge in [0, 0.05) is 25.7 Å². The van der Waals surface area contributed by atoms with Gasteiger partial charge in [0.15, 0.2) is 0 Å². The first kappa shape index (κ1) is 12.6. The summed E-state index contributed by atoms with van der Waals surface area (Å²) in [6, 6.07) is 0.410. The van der Waals surface area contributed by atoms with Crippen LogP contribution in [0.1, 0.15) is 32.1 Å². The van der Waals surface area contributed by atoms with Crippen molar-refractivity contribution >= 4 is 6.03 Å². The van der Waals surface area contributed by atoms with E-state index in [4.69, 9.17) is 10.5 Å². The van der Waals surface area contributed by atoms with Crippen LogP contribution in [0.2, 0.25) is 0 Å². The predicted octanol–water partition coefficient (Wildman–Crippen LogP) is 0.688. The molecule has 0 aromatic carbocycles. The highest BCUT2D eigenvalue weighted by molar-refractivity contribution is 5.74. The molecule has 2 fully saturated rings. The van der Waals surface area contributed by atoms with E-state index in [2.05, 4.69) is 5.32 Å². The summed E-state index contributed by atoms with van der Waals surface area (Å²) in [4.78, 5) is 13.3. The van der Waals surface area contributed by atoms with Gasteiger partial charge in [-0.05, 0) is 32.1 Å². The fraction of sp³-hybridized carbons (Fsp3) is 0.917. The maximum atomic E-state index is 11.5. The molecule has 17 heavy (non-hydrogen) atoms. The van der Waals surface area contributed by atoms with Gasteiger partial charge in [0.2, 0.25) is 0 Å². The van der Waals surface area contributed by atoms with Crippen LogP contribution < -0.4 is 11.1 Å². The monoisotopic (exact) mass is 241 g/mol. The van der Waals surface area contributed by atoms with Gasteiger partial charge in [-0.2, -0.15) is 0 Å². The van der Waals surface area contributed by atoms with E-state index in [0.29, 0.717) is 25.3 Å². The van der Waals surface area contributed by atoms with E-state index in [0.717, 1.165) is 45.2 Å². The van der Waals surface area contributed by atoms with Crippen molar-refractivity contribution < 1.29 is 9.53 Å². The van der Waals surface area contributed by atoms with Crippen molar-refractivity contribution in [3.05, 3.63) is 0 Å². The van der Waals surface area contributed by atoms with Crippen LogP contribution in [0.15, 0.2) is 0 Å². The minimum atomic E-state index is 0.0468. The Hall–Kier alpha value is -0.810. The summed E-state index contributed by atoms with van der Waals surface area (Å²) in [7, 11) is 0. The normalized spacial score (nSPS) is 30.2. The molecule has 98 valence electrons. The number of hydrogen-bond donors (Lipinski definition) is 2. The van der Waals surface area contributed by atoms with E-state index in [1.54, 1.807) is 0 Å². The standard InChI is InChI=1S/C12H23N3O2/c13-10-2-4-11(5-3-10)17-9-8-15-7-1-6-14-12(15)16/h10-11H,1-9,13H2,(H,14,16). The Kier molecular flexibility index (Phi) is 4.62. The SMILES string of the molecule is NC1CCC(OCCN2CCCNC2=O)CC1. The lowest BCUT2D eigenvalue weighted by atomic mass is 9.94. The largest absolute Gasteiger partial charge is 0.376 e. The van der Waals surface area contributed by atoms with Gasteiger partial charge in [0.25, 0.3) is 0 Å². The molecule has 0 bridgehead atoms. The predicted molar refractivity (Wildman–Crippen MR) is 65.8 cm³/mol. The summed E-state index contributed by atoms with van der Waals surface area (Å²) < 4.78 is 5.81. The number of carbonyl (C=O) groups excluding carboxylic acids is 1. The maximum Gasteiger partial charge on any atom is 0.317 e. The quantitative estimate of drug-likeness (QED) is 0.761. The Balaban J connectivity index is 1.60. The van der Waals surface area contributed by atoms with E-state index in [1.807, 2.05) is 4.90 Å². The van der Waals surface area contributed by atoms with Gasteiger partial charge in [-0.3, -0.25) is 0 Å². The third-order valence-electron chi connectivity index (χ3n) is 3.60. The van der Waals surface area contributed by atoms with Crippen LogP contribution in [0.25, 0.3) is 0 Å². The molecule has 0 aromatic heterocycles. The summed E-state index contributed by atoms with van der Waals surface area (Å²) in [5.74, 6) is 0. The molecule has 1 saturated heterocycles. The molecule has 5 heteroatoms. The molecule has 2 amide bonds. The number of rotatable bonds is 4. The summed E-state index contributed by atoms with van der Waals surface area (Å²) in [5, 5.41) is 2.84. The molecule has 2 aliphatic rings. The molecule has 0 aromatic rings. The summed E-state index contributed by atoms with van der Waals surface area (Å²) in [5.41, 5.74) is 5.84. The molecule has 1 aliphatic carbocycles. The van der Waals surface area contributed by atoms with Crippen LogP contribution in [-0.2, 0) is 4.74 Å². The molecule has 2 rings (SSSR count). The average molecular weight is 241 g/mol. The lowest BCUT2D eigenvalue weighted by Gasteiger charge is -2.29. The number of nitrogens with two attached hydrogens (primary N) is 1. The molecular weight excluding hydrogens is 218 g/mol.